The van der Waals surface area contributed by atoms with Crippen LogP contribution in [0.5, 0.6) is 5.75 Å². The molecule has 0 saturated carbocycles. The van der Waals surface area contributed by atoms with E-state index in [-0.39, 0.29) is 18.1 Å². The zero-order valence-electron chi connectivity index (χ0n) is 10.2. The van der Waals surface area contributed by atoms with Crippen LogP contribution >= 0.6 is 31.9 Å². The Morgan fingerprint density at radius 1 is 1.33 bits per heavy atom. The van der Waals surface area contributed by atoms with Crippen LogP contribution in [0, 0.1) is 10.1 Å². The van der Waals surface area contributed by atoms with Gasteiger partial charge in [0, 0.05) is 12.1 Å². The maximum absolute atomic E-state index is 10.7. The Morgan fingerprint density at radius 2 is 1.95 bits per heavy atom. The zero-order valence-corrected chi connectivity index (χ0v) is 13.4. The fourth-order valence-corrected chi connectivity index (χ4v) is 2.89. The van der Waals surface area contributed by atoms with Crippen molar-refractivity contribution in [3.63, 3.8) is 0 Å². The number of nitro benzene ring substituents is 1. The monoisotopic (exact) mass is 419 g/mol. The summed E-state index contributed by atoms with van der Waals surface area (Å²) < 4.78 is 11.3. The van der Waals surface area contributed by atoms with Crippen molar-refractivity contribution in [3.05, 3.63) is 54.8 Å². The maximum Gasteiger partial charge on any atom is 0.371 e. The zero-order chi connectivity index (χ0) is 15.6. The lowest BCUT2D eigenvalue weighted by Crippen LogP contribution is -1.97. The van der Waals surface area contributed by atoms with Crippen LogP contribution in [0.2, 0.25) is 0 Å². The van der Waals surface area contributed by atoms with Gasteiger partial charge in [-0.2, -0.15) is 0 Å². The van der Waals surface area contributed by atoms with Gasteiger partial charge in [-0.1, -0.05) is 0 Å². The van der Waals surface area contributed by atoms with Crippen LogP contribution in [0.25, 0.3) is 0 Å². The minimum atomic E-state index is -1.17. The topological polar surface area (TPSA) is 103 Å². The third kappa shape index (κ3) is 3.61. The number of furan rings is 1. The lowest BCUT2D eigenvalue weighted by Gasteiger charge is -2.08. The molecule has 1 heterocycles. The van der Waals surface area contributed by atoms with Gasteiger partial charge in [0.1, 0.15) is 18.1 Å². The smallest absolute Gasteiger partial charge is 0.371 e. The fourth-order valence-electron chi connectivity index (χ4n) is 1.50. The molecule has 0 aliphatic heterocycles. The molecular weight excluding hydrogens is 414 g/mol. The lowest BCUT2D eigenvalue weighted by molar-refractivity contribution is -0.385. The van der Waals surface area contributed by atoms with Gasteiger partial charge in [0.05, 0.1) is 13.9 Å². The number of carboxylic acids is 1. The number of benzene rings is 1. The first-order valence-corrected chi connectivity index (χ1v) is 7.05. The highest BCUT2D eigenvalue weighted by molar-refractivity contribution is 9.11. The Morgan fingerprint density at radius 3 is 2.43 bits per heavy atom. The van der Waals surface area contributed by atoms with Crippen molar-refractivity contribution >= 4 is 43.5 Å². The number of aromatic carboxylic acids is 1. The minimum Gasteiger partial charge on any atom is -0.483 e. The standard InChI is InChI=1S/C12H7Br2NO6/c13-8-3-6(15(18)19)4-9(14)11(8)20-5-7-1-2-10(21-7)12(16)17/h1-4H,5H2,(H,16,17). The molecule has 0 saturated heterocycles. The van der Waals surface area contributed by atoms with Crippen LogP contribution in [0.15, 0.2) is 37.6 Å². The van der Waals surface area contributed by atoms with Crippen molar-refractivity contribution in [1.29, 1.82) is 0 Å². The number of rotatable bonds is 5. The molecule has 0 atom stereocenters. The summed E-state index contributed by atoms with van der Waals surface area (Å²) in [5.41, 5.74) is -0.0905. The molecule has 0 radical (unpaired) electrons. The minimum absolute atomic E-state index is 0.0116. The predicted molar refractivity (Wildman–Crippen MR) is 78.5 cm³/mol. The van der Waals surface area contributed by atoms with Gasteiger partial charge >= 0.3 is 5.97 Å². The highest BCUT2D eigenvalue weighted by Crippen LogP contribution is 2.37. The van der Waals surface area contributed by atoms with Crippen molar-refractivity contribution in [2.24, 2.45) is 0 Å². The molecule has 0 aliphatic carbocycles. The molecule has 0 amide bonds. The first-order valence-electron chi connectivity index (χ1n) is 5.46. The molecule has 9 heteroatoms. The summed E-state index contributed by atoms with van der Waals surface area (Å²) >= 11 is 6.37. The molecule has 1 aromatic heterocycles. The molecule has 1 aromatic carbocycles. The third-order valence-corrected chi connectivity index (χ3v) is 3.60. The molecular formula is C12H7Br2NO6. The number of ether oxygens (including phenoxy) is 1. The van der Waals surface area contributed by atoms with E-state index in [2.05, 4.69) is 31.9 Å². The predicted octanol–water partition coefficient (Wildman–Crippen LogP) is 3.99. The number of nitro groups is 1. The van der Waals surface area contributed by atoms with Gasteiger partial charge in [0.25, 0.3) is 5.69 Å². The Balaban J connectivity index is 2.16. The number of carboxylic acid groups (broad SMARTS) is 1. The number of nitrogens with zero attached hydrogens (tertiary/aromatic N) is 1. The molecule has 7 nitrogen and oxygen atoms in total. The van der Waals surface area contributed by atoms with E-state index < -0.39 is 10.9 Å². The van der Waals surface area contributed by atoms with Gasteiger partial charge in [0.2, 0.25) is 5.76 Å². The van der Waals surface area contributed by atoms with Gasteiger partial charge in [-0.15, -0.1) is 0 Å². The van der Waals surface area contributed by atoms with E-state index in [1.54, 1.807) is 0 Å². The normalized spacial score (nSPS) is 10.4. The van der Waals surface area contributed by atoms with Crippen LogP contribution in [0.3, 0.4) is 0 Å². The Hall–Kier alpha value is -1.87. The van der Waals surface area contributed by atoms with Crippen molar-refractivity contribution < 1.29 is 24.0 Å². The second-order valence-electron chi connectivity index (χ2n) is 3.86. The average Bonchev–Trinajstić information content (AvgIpc) is 2.86. The van der Waals surface area contributed by atoms with Crippen molar-refractivity contribution in [3.8, 4) is 5.75 Å². The molecule has 110 valence electrons. The molecule has 0 aliphatic rings. The SMILES string of the molecule is O=C(O)c1ccc(COc2c(Br)cc([N+](=O)[O-])cc2Br)o1. The van der Waals surface area contributed by atoms with Gasteiger partial charge < -0.3 is 14.3 Å². The number of non-ortho nitro benzene ring substituents is 1. The van der Waals surface area contributed by atoms with Crippen molar-refractivity contribution in [1.82, 2.24) is 0 Å². The van der Waals surface area contributed by atoms with E-state index in [1.807, 2.05) is 0 Å². The largest absolute Gasteiger partial charge is 0.483 e. The van der Waals surface area contributed by atoms with E-state index in [0.717, 1.165) is 0 Å². The van der Waals surface area contributed by atoms with Gasteiger partial charge in [-0.05, 0) is 44.0 Å². The van der Waals surface area contributed by atoms with Crippen molar-refractivity contribution in [2.45, 2.75) is 6.61 Å². The molecule has 1 N–H and O–H groups in total. The number of hydrogen-bond acceptors (Lipinski definition) is 5. The number of halogens is 2. The summed E-state index contributed by atoms with van der Waals surface area (Å²) in [7, 11) is 0. The first-order chi connectivity index (χ1) is 9.88. The van der Waals surface area contributed by atoms with E-state index in [4.69, 9.17) is 14.3 Å². The highest BCUT2D eigenvalue weighted by Gasteiger charge is 2.16. The quantitative estimate of drug-likeness (QED) is 0.579. The van der Waals surface area contributed by atoms with Crippen LogP contribution in [0.1, 0.15) is 16.3 Å². The molecule has 2 rings (SSSR count). The summed E-state index contributed by atoms with van der Waals surface area (Å²) in [5, 5.41) is 19.5. The molecule has 0 unspecified atom stereocenters. The van der Waals surface area contributed by atoms with E-state index in [0.29, 0.717) is 20.5 Å². The molecule has 0 bridgehead atoms. The highest BCUT2D eigenvalue weighted by atomic mass is 79.9. The van der Waals surface area contributed by atoms with Crippen LogP contribution in [-0.2, 0) is 6.61 Å². The molecule has 0 fully saturated rings. The van der Waals surface area contributed by atoms with Crippen molar-refractivity contribution in [2.75, 3.05) is 0 Å². The fraction of sp³-hybridized carbons (Fsp3) is 0.0833. The number of carbonyl (C=O) groups is 1. The molecule has 21 heavy (non-hydrogen) atoms. The molecule has 2 aromatic rings. The lowest BCUT2D eigenvalue weighted by atomic mass is 10.3. The van der Waals surface area contributed by atoms with Gasteiger partial charge in [-0.25, -0.2) is 4.79 Å². The van der Waals surface area contributed by atoms with E-state index in [9.17, 15) is 14.9 Å². The van der Waals surface area contributed by atoms with E-state index in [1.165, 1.54) is 24.3 Å². The van der Waals surface area contributed by atoms with Gasteiger partial charge in [0.15, 0.2) is 0 Å². The van der Waals surface area contributed by atoms with Crippen LogP contribution in [0.4, 0.5) is 5.69 Å². The Labute approximate surface area is 134 Å². The van der Waals surface area contributed by atoms with Crippen LogP contribution in [-0.4, -0.2) is 16.0 Å². The second-order valence-corrected chi connectivity index (χ2v) is 5.56. The summed E-state index contributed by atoms with van der Waals surface area (Å²) in [4.78, 5) is 20.9. The third-order valence-electron chi connectivity index (χ3n) is 2.43. The summed E-state index contributed by atoms with van der Waals surface area (Å²) in [6, 6.07) is 5.42. The maximum atomic E-state index is 10.7. The molecule has 0 spiro atoms. The first kappa shape index (κ1) is 15.5. The number of hydrogen-bond donors (Lipinski definition) is 1. The summed E-state index contributed by atoms with van der Waals surface area (Å²) in [5.74, 6) is -0.673. The van der Waals surface area contributed by atoms with E-state index >= 15 is 0 Å². The van der Waals surface area contributed by atoms with Gasteiger partial charge in [-0.3, -0.25) is 10.1 Å². The Bertz CT molecular complexity index is 689. The van der Waals surface area contributed by atoms with Crippen LogP contribution < -0.4 is 4.74 Å². The Kier molecular flexibility index (Phi) is 4.63. The summed E-state index contributed by atoms with van der Waals surface area (Å²) in [6.07, 6.45) is 0. The average molecular weight is 421 g/mol. The second kappa shape index (κ2) is 6.27. The summed E-state index contributed by atoms with van der Waals surface area (Å²) in [6.45, 7) is -0.0116.